The highest BCUT2D eigenvalue weighted by molar-refractivity contribution is 5.81. The van der Waals surface area contributed by atoms with Crippen LogP contribution in [0.3, 0.4) is 0 Å². The fourth-order valence-electron chi connectivity index (χ4n) is 2.30. The van der Waals surface area contributed by atoms with Crippen molar-refractivity contribution in [3.8, 4) is 0 Å². The summed E-state index contributed by atoms with van der Waals surface area (Å²) < 4.78 is 0. The SMILES string of the molecule is CC(C)(C)NC(=O)C1CC1.CC(C)C(=O)NC1CC1.O=C(NC1CC1)C1CC1. The molecule has 0 aromatic heterocycles. The quantitative estimate of drug-likeness (QED) is 0.671. The van der Waals surface area contributed by atoms with Gasteiger partial charge in [0.25, 0.3) is 0 Å². The van der Waals surface area contributed by atoms with E-state index in [2.05, 4.69) is 16.0 Å². The molecule has 6 nitrogen and oxygen atoms in total. The fraction of sp³-hybridized carbons (Fsp3) is 0.864. The zero-order chi connectivity index (χ0) is 20.9. The third-order valence-electron chi connectivity index (χ3n) is 4.77. The van der Waals surface area contributed by atoms with Crippen molar-refractivity contribution in [3.63, 3.8) is 0 Å². The Labute approximate surface area is 170 Å². The molecule has 0 bridgehead atoms. The van der Waals surface area contributed by atoms with E-state index in [1.54, 1.807) is 0 Å². The van der Waals surface area contributed by atoms with Gasteiger partial charge in [-0.05, 0) is 72.1 Å². The first-order valence-electron chi connectivity index (χ1n) is 11.0. The van der Waals surface area contributed by atoms with Crippen LogP contribution in [-0.4, -0.2) is 35.3 Å². The Kier molecular flexibility index (Phi) is 7.90. The molecule has 0 aliphatic heterocycles. The Morgan fingerprint density at radius 1 is 0.714 bits per heavy atom. The molecule has 4 saturated carbocycles. The van der Waals surface area contributed by atoms with Gasteiger partial charge in [-0.2, -0.15) is 0 Å². The summed E-state index contributed by atoms with van der Waals surface area (Å²) in [7, 11) is 0. The lowest BCUT2D eigenvalue weighted by Gasteiger charge is -2.20. The average Bonchev–Trinajstić information content (AvgIpc) is 3.45. The second-order valence-corrected chi connectivity index (χ2v) is 10.0. The van der Waals surface area contributed by atoms with E-state index in [1.165, 1.54) is 25.7 Å². The van der Waals surface area contributed by atoms with E-state index in [0.717, 1.165) is 25.7 Å². The van der Waals surface area contributed by atoms with Crippen LogP contribution in [0.5, 0.6) is 0 Å². The average molecular weight is 394 g/mol. The second-order valence-electron chi connectivity index (χ2n) is 10.0. The predicted octanol–water partition coefficient (Wildman–Crippen LogP) is 2.91. The monoisotopic (exact) mass is 393 g/mol. The van der Waals surface area contributed by atoms with Gasteiger partial charge in [0.05, 0.1) is 0 Å². The largest absolute Gasteiger partial charge is 0.353 e. The van der Waals surface area contributed by atoms with Crippen molar-refractivity contribution in [1.82, 2.24) is 16.0 Å². The number of rotatable bonds is 5. The molecule has 0 heterocycles. The zero-order valence-corrected chi connectivity index (χ0v) is 18.3. The van der Waals surface area contributed by atoms with E-state index in [0.29, 0.717) is 29.8 Å². The summed E-state index contributed by atoms with van der Waals surface area (Å²) in [4.78, 5) is 32.9. The number of hydrogen-bond donors (Lipinski definition) is 3. The summed E-state index contributed by atoms with van der Waals surface area (Å²) in [5, 5.41) is 8.83. The van der Waals surface area contributed by atoms with Gasteiger partial charge in [0, 0.05) is 35.4 Å². The highest BCUT2D eigenvalue weighted by Crippen LogP contribution is 2.30. The van der Waals surface area contributed by atoms with Gasteiger partial charge in [-0.3, -0.25) is 14.4 Å². The number of carbonyl (C=O) groups is 3. The van der Waals surface area contributed by atoms with Gasteiger partial charge >= 0.3 is 0 Å². The molecule has 4 aliphatic rings. The fourth-order valence-corrected chi connectivity index (χ4v) is 2.30. The van der Waals surface area contributed by atoms with Crippen LogP contribution in [0.25, 0.3) is 0 Å². The molecular weight excluding hydrogens is 354 g/mol. The zero-order valence-electron chi connectivity index (χ0n) is 18.3. The van der Waals surface area contributed by atoms with Gasteiger partial charge < -0.3 is 16.0 Å². The van der Waals surface area contributed by atoms with E-state index < -0.39 is 0 Å². The van der Waals surface area contributed by atoms with E-state index in [-0.39, 0.29) is 23.3 Å². The lowest BCUT2D eigenvalue weighted by Crippen LogP contribution is -2.41. The van der Waals surface area contributed by atoms with Crippen molar-refractivity contribution in [2.24, 2.45) is 17.8 Å². The molecule has 28 heavy (non-hydrogen) atoms. The highest BCUT2D eigenvalue weighted by Gasteiger charge is 2.33. The third kappa shape index (κ3) is 10.7. The highest BCUT2D eigenvalue weighted by atomic mass is 16.2. The Morgan fingerprint density at radius 3 is 1.50 bits per heavy atom. The molecule has 4 rings (SSSR count). The number of amides is 3. The third-order valence-corrected chi connectivity index (χ3v) is 4.77. The maximum absolute atomic E-state index is 11.1. The van der Waals surface area contributed by atoms with Gasteiger partial charge in [-0.25, -0.2) is 0 Å². The molecule has 0 spiro atoms. The van der Waals surface area contributed by atoms with Crippen LogP contribution in [0.1, 0.15) is 86.0 Å². The van der Waals surface area contributed by atoms with Crippen molar-refractivity contribution in [2.75, 3.05) is 0 Å². The first-order valence-corrected chi connectivity index (χ1v) is 11.0. The molecule has 0 aromatic rings. The molecule has 3 N–H and O–H groups in total. The molecule has 0 unspecified atom stereocenters. The minimum absolute atomic E-state index is 0.0559. The predicted molar refractivity (Wildman–Crippen MR) is 111 cm³/mol. The lowest BCUT2D eigenvalue weighted by molar-refractivity contribution is -0.124. The molecule has 3 amide bonds. The summed E-state index contributed by atoms with van der Waals surface area (Å²) in [6, 6.07) is 1.07. The summed E-state index contributed by atoms with van der Waals surface area (Å²) in [6.07, 6.45) is 9.19. The number of hydrogen-bond acceptors (Lipinski definition) is 3. The van der Waals surface area contributed by atoms with Gasteiger partial charge in [0.1, 0.15) is 0 Å². The smallest absolute Gasteiger partial charge is 0.223 e. The minimum atomic E-state index is -0.0559. The van der Waals surface area contributed by atoms with Crippen molar-refractivity contribution in [2.45, 2.75) is 104 Å². The molecule has 0 saturated heterocycles. The van der Waals surface area contributed by atoms with E-state index >= 15 is 0 Å². The van der Waals surface area contributed by atoms with Gasteiger partial charge in [0.15, 0.2) is 0 Å². The molecular formula is C22H39N3O3. The van der Waals surface area contributed by atoms with E-state index in [1.807, 2.05) is 34.6 Å². The molecule has 160 valence electrons. The topological polar surface area (TPSA) is 87.3 Å². The molecule has 4 fully saturated rings. The number of nitrogens with one attached hydrogen (secondary N) is 3. The first-order chi connectivity index (χ1) is 13.0. The molecule has 6 heteroatoms. The Balaban J connectivity index is 0.000000150. The van der Waals surface area contributed by atoms with Crippen molar-refractivity contribution in [1.29, 1.82) is 0 Å². The van der Waals surface area contributed by atoms with Gasteiger partial charge in [0.2, 0.25) is 17.7 Å². The maximum atomic E-state index is 11.1. The standard InChI is InChI=1S/C8H15NO.C7H11NO.C7H13NO/c1-8(2,3)9-7(10)6-4-5-6;9-7(5-1-2-5)8-6-3-4-6;1-5(2)7(9)8-6-3-4-6/h6H,4-5H2,1-3H3,(H,9,10);5-6H,1-4H2,(H,8,9);5-6H,3-4H2,1-2H3,(H,8,9). The molecule has 0 aromatic carbocycles. The lowest BCUT2D eigenvalue weighted by atomic mass is 10.1. The maximum Gasteiger partial charge on any atom is 0.223 e. The summed E-state index contributed by atoms with van der Waals surface area (Å²) in [5.74, 6) is 1.60. The van der Waals surface area contributed by atoms with Crippen LogP contribution in [0.2, 0.25) is 0 Å². The van der Waals surface area contributed by atoms with Crippen LogP contribution >= 0.6 is 0 Å². The van der Waals surface area contributed by atoms with E-state index in [9.17, 15) is 14.4 Å². The van der Waals surface area contributed by atoms with Crippen molar-refractivity contribution in [3.05, 3.63) is 0 Å². The number of carbonyl (C=O) groups excluding carboxylic acids is 3. The van der Waals surface area contributed by atoms with Gasteiger partial charge in [-0.15, -0.1) is 0 Å². The molecule has 4 aliphatic carbocycles. The molecule has 0 atom stereocenters. The van der Waals surface area contributed by atoms with Crippen LogP contribution in [0, 0.1) is 17.8 Å². The Hall–Kier alpha value is -1.59. The first kappa shape index (κ1) is 22.7. The van der Waals surface area contributed by atoms with Crippen LogP contribution in [0.4, 0.5) is 0 Å². The van der Waals surface area contributed by atoms with Crippen molar-refractivity contribution >= 4 is 17.7 Å². The van der Waals surface area contributed by atoms with Crippen molar-refractivity contribution < 1.29 is 14.4 Å². The van der Waals surface area contributed by atoms with Crippen LogP contribution < -0.4 is 16.0 Å². The summed E-state index contributed by atoms with van der Waals surface area (Å²) in [6.45, 7) is 9.85. The van der Waals surface area contributed by atoms with Gasteiger partial charge in [-0.1, -0.05) is 13.8 Å². The Bertz CT molecular complexity index is 528. The summed E-state index contributed by atoms with van der Waals surface area (Å²) >= 11 is 0. The Morgan fingerprint density at radius 2 is 1.14 bits per heavy atom. The molecule has 0 radical (unpaired) electrons. The normalized spacial score (nSPS) is 20.8. The van der Waals surface area contributed by atoms with Crippen LogP contribution in [-0.2, 0) is 14.4 Å². The summed E-state index contributed by atoms with van der Waals surface area (Å²) in [5.41, 5.74) is -0.0559. The van der Waals surface area contributed by atoms with Crippen LogP contribution in [0.15, 0.2) is 0 Å². The minimum Gasteiger partial charge on any atom is -0.353 e. The second kappa shape index (κ2) is 9.75. The van der Waals surface area contributed by atoms with E-state index in [4.69, 9.17) is 0 Å².